The average Bonchev–Trinajstić information content (AvgIpc) is 2.66. The van der Waals surface area contributed by atoms with Gasteiger partial charge in [-0.05, 0) is 30.2 Å². The van der Waals surface area contributed by atoms with E-state index in [1.165, 1.54) is 12.1 Å². The molecule has 7 heteroatoms. The number of aryl methyl sites for hydroxylation is 1. The van der Waals surface area contributed by atoms with Crippen LogP contribution in [0.4, 0.5) is 5.69 Å². The fourth-order valence-corrected chi connectivity index (χ4v) is 3.35. The van der Waals surface area contributed by atoms with Gasteiger partial charge in [0.15, 0.2) is 0 Å². The fraction of sp³-hybridized carbons (Fsp3) is 0.100. The highest BCUT2D eigenvalue weighted by molar-refractivity contribution is 7.95. The molecule has 3 rings (SSSR count). The van der Waals surface area contributed by atoms with Gasteiger partial charge in [-0.3, -0.25) is 9.52 Å². The van der Waals surface area contributed by atoms with E-state index < -0.39 is 10.0 Å². The second-order valence-electron chi connectivity index (χ2n) is 5.88. The quantitative estimate of drug-likeness (QED) is 0.684. The largest absolute Gasteiger partial charge is 0.307 e. The van der Waals surface area contributed by atoms with Gasteiger partial charge in [-0.1, -0.05) is 49.4 Å². The van der Waals surface area contributed by atoms with Gasteiger partial charge >= 0.3 is 0 Å². The van der Waals surface area contributed by atoms with Crippen LogP contribution in [0, 0.1) is 0 Å². The summed E-state index contributed by atoms with van der Waals surface area (Å²) >= 11 is 0. The molecular formula is C20H19N3O3S. The van der Waals surface area contributed by atoms with Crippen LogP contribution in [0.2, 0.25) is 0 Å². The molecule has 27 heavy (non-hydrogen) atoms. The molecule has 1 heterocycles. The van der Waals surface area contributed by atoms with E-state index >= 15 is 0 Å². The number of rotatable bonds is 6. The highest BCUT2D eigenvalue weighted by atomic mass is 32.2. The molecule has 0 saturated heterocycles. The lowest BCUT2D eigenvalue weighted by molar-refractivity contribution is 0.609. The number of aromatic nitrogens is 2. The van der Waals surface area contributed by atoms with Gasteiger partial charge in [-0.15, -0.1) is 0 Å². The molecule has 0 aliphatic carbocycles. The Labute approximate surface area is 157 Å². The van der Waals surface area contributed by atoms with Gasteiger partial charge < -0.3 is 4.98 Å². The van der Waals surface area contributed by atoms with Crippen molar-refractivity contribution in [2.75, 3.05) is 4.72 Å². The van der Waals surface area contributed by atoms with Gasteiger partial charge in [0.25, 0.3) is 15.6 Å². The normalized spacial score (nSPS) is 11.6. The summed E-state index contributed by atoms with van der Waals surface area (Å²) < 4.78 is 27.1. The molecule has 0 amide bonds. The van der Waals surface area contributed by atoms with E-state index in [0.717, 1.165) is 11.0 Å². The van der Waals surface area contributed by atoms with Crippen molar-refractivity contribution in [2.45, 2.75) is 13.3 Å². The van der Waals surface area contributed by atoms with Crippen LogP contribution in [0.5, 0.6) is 0 Å². The predicted molar refractivity (Wildman–Crippen MR) is 108 cm³/mol. The SMILES string of the molecule is CCc1cc(=O)[nH]c(-c2cccc(NS(=O)(=O)C=Cc3ccccc3)c2)n1. The van der Waals surface area contributed by atoms with Crippen molar-refractivity contribution in [3.05, 3.63) is 87.7 Å². The van der Waals surface area contributed by atoms with E-state index in [1.807, 2.05) is 37.3 Å². The maximum atomic E-state index is 12.3. The van der Waals surface area contributed by atoms with Gasteiger partial charge in [0.2, 0.25) is 0 Å². The lowest BCUT2D eigenvalue weighted by Gasteiger charge is -2.07. The first kappa shape index (κ1) is 18.6. The van der Waals surface area contributed by atoms with Gasteiger partial charge in [0.1, 0.15) is 5.82 Å². The number of hydrogen-bond acceptors (Lipinski definition) is 4. The summed E-state index contributed by atoms with van der Waals surface area (Å²) in [5.41, 5.74) is 2.22. The van der Waals surface area contributed by atoms with Crippen molar-refractivity contribution in [1.82, 2.24) is 9.97 Å². The molecule has 2 N–H and O–H groups in total. The molecule has 0 aliphatic rings. The lowest BCUT2D eigenvalue weighted by Crippen LogP contribution is -2.11. The van der Waals surface area contributed by atoms with Crippen LogP contribution < -0.4 is 10.3 Å². The molecule has 0 aliphatic heterocycles. The number of aromatic amines is 1. The maximum absolute atomic E-state index is 12.3. The van der Waals surface area contributed by atoms with E-state index in [-0.39, 0.29) is 5.56 Å². The van der Waals surface area contributed by atoms with Crippen LogP contribution in [0.3, 0.4) is 0 Å². The first-order valence-corrected chi connectivity index (χ1v) is 9.96. The summed E-state index contributed by atoms with van der Waals surface area (Å²) in [7, 11) is -3.68. The summed E-state index contributed by atoms with van der Waals surface area (Å²) in [6.45, 7) is 1.91. The molecule has 0 radical (unpaired) electrons. The maximum Gasteiger partial charge on any atom is 0.255 e. The molecule has 0 unspecified atom stereocenters. The molecule has 0 spiro atoms. The highest BCUT2D eigenvalue weighted by Crippen LogP contribution is 2.20. The van der Waals surface area contributed by atoms with E-state index in [0.29, 0.717) is 29.2 Å². The molecule has 2 aromatic carbocycles. The third-order valence-electron chi connectivity index (χ3n) is 3.79. The van der Waals surface area contributed by atoms with Crippen LogP contribution in [-0.2, 0) is 16.4 Å². The number of nitrogens with one attached hydrogen (secondary N) is 2. The summed E-state index contributed by atoms with van der Waals surface area (Å²) in [6, 6.07) is 17.3. The van der Waals surface area contributed by atoms with Crippen LogP contribution in [0.25, 0.3) is 17.5 Å². The Morgan fingerprint density at radius 3 is 2.59 bits per heavy atom. The molecule has 6 nitrogen and oxygen atoms in total. The summed E-state index contributed by atoms with van der Waals surface area (Å²) in [6.07, 6.45) is 2.16. The van der Waals surface area contributed by atoms with Crippen molar-refractivity contribution < 1.29 is 8.42 Å². The van der Waals surface area contributed by atoms with E-state index in [9.17, 15) is 13.2 Å². The number of benzene rings is 2. The van der Waals surface area contributed by atoms with Crippen LogP contribution in [-0.4, -0.2) is 18.4 Å². The first-order chi connectivity index (χ1) is 12.9. The van der Waals surface area contributed by atoms with Gasteiger partial charge in [-0.2, -0.15) is 0 Å². The molecular weight excluding hydrogens is 362 g/mol. The Kier molecular flexibility index (Phi) is 5.52. The van der Waals surface area contributed by atoms with Gasteiger partial charge in [0.05, 0.1) is 5.41 Å². The second kappa shape index (κ2) is 8.01. The first-order valence-electron chi connectivity index (χ1n) is 8.42. The molecule has 138 valence electrons. The molecule has 0 fully saturated rings. The van der Waals surface area contributed by atoms with E-state index in [2.05, 4.69) is 14.7 Å². The minimum absolute atomic E-state index is 0.242. The summed E-state index contributed by atoms with van der Waals surface area (Å²) in [5, 5.41) is 1.12. The van der Waals surface area contributed by atoms with Gasteiger partial charge in [0, 0.05) is 23.0 Å². The number of anilines is 1. The third kappa shape index (κ3) is 5.15. The van der Waals surface area contributed by atoms with Crippen molar-refractivity contribution in [2.24, 2.45) is 0 Å². The molecule has 3 aromatic rings. The third-order valence-corrected chi connectivity index (χ3v) is 4.81. The van der Waals surface area contributed by atoms with Crippen molar-refractivity contribution in [3.8, 4) is 11.4 Å². The van der Waals surface area contributed by atoms with Crippen LogP contribution in [0.15, 0.2) is 70.9 Å². The Morgan fingerprint density at radius 1 is 1.07 bits per heavy atom. The standard InChI is InChI=1S/C20H19N3O3S/c1-2-17-14-19(24)22-20(21-17)16-9-6-10-18(13-16)23-27(25,26)12-11-15-7-4-3-5-8-15/h3-14,23H,2H2,1H3,(H,21,22,24). The number of sulfonamides is 1. The average molecular weight is 381 g/mol. The monoisotopic (exact) mass is 381 g/mol. The molecule has 0 bridgehead atoms. The topological polar surface area (TPSA) is 91.9 Å². The second-order valence-corrected chi connectivity index (χ2v) is 7.45. The van der Waals surface area contributed by atoms with Crippen LogP contribution in [0.1, 0.15) is 18.2 Å². The Hall–Kier alpha value is -3.19. The highest BCUT2D eigenvalue weighted by Gasteiger charge is 2.08. The molecule has 1 aromatic heterocycles. The lowest BCUT2D eigenvalue weighted by atomic mass is 10.2. The van der Waals surface area contributed by atoms with Gasteiger partial charge in [-0.25, -0.2) is 13.4 Å². The zero-order valence-electron chi connectivity index (χ0n) is 14.7. The molecule has 0 saturated carbocycles. The number of H-pyrrole nitrogens is 1. The van der Waals surface area contributed by atoms with Crippen molar-refractivity contribution in [3.63, 3.8) is 0 Å². The minimum atomic E-state index is -3.68. The minimum Gasteiger partial charge on any atom is -0.307 e. The summed E-state index contributed by atoms with van der Waals surface area (Å²) in [5.74, 6) is 0.403. The molecule has 0 atom stereocenters. The zero-order valence-corrected chi connectivity index (χ0v) is 15.5. The smallest absolute Gasteiger partial charge is 0.255 e. The van der Waals surface area contributed by atoms with Crippen molar-refractivity contribution in [1.29, 1.82) is 0 Å². The Balaban J connectivity index is 1.84. The van der Waals surface area contributed by atoms with Crippen LogP contribution >= 0.6 is 0 Å². The predicted octanol–water partition coefficient (Wildman–Crippen LogP) is 3.41. The zero-order chi connectivity index (χ0) is 19.3. The number of nitrogens with zero attached hydrogens (tertiary/aromatic N) is 1. The Bertz CT molecular complexity index is 1120. The number of hydrogen-bond donors (Lipinski definition) is 2. The fourth-order valence-electron chi connectivity index (χ4n) is 2.49. The summed E-state index contributed by atoms with van der Waals surface area (Å²) in [4.78, 5) is 18.8. The van der Waals surface area contributed by atoms with E-state index in [4.69, 9.17) is 0 Å². The Morgan fingerprint density at radius 2 is 1.85 bits per heavy atom. The van der Waals surface area contributed by atoms with E-state index in [1.54, 1.807) is 24.3 Å². The van der Waals surface area contributed by atoms with Crippen molar-refractivity contribution >= 4 is 21.8 Å².